The summed E-state index contributed by atoms with van der Waals surface area (Å²) in [6, 6.07) is 23.7. The minimum Gasteiger partial charge on any atom is -0.494 e. The predicted molar refractivity (Wildman–Crippen MR) is 160 cm³/mol. The van der Waals surface area contributed by atoms with Gasteiger partial charge in [0.05, 0.1) is 16.8 Å². The van der Waals surface area contributed by atoms with Crippen LogP contribution in [0.4, 0.5) is 0 Å². The first-order valence-electron chi connectivity index (χ1n) is 13.7. The lowest BCUT2D eigenvalue weighted by Crippen LogP contribution is -2.23. The number of fused-ring (bicyclic) bond motifs is 2. The highest BCUT2D eigenvalue weighted by Crippen LogP contribution is 2.34. The van der Waals surface area contributed by atoms with E-state index in [2.05, 4.69) is 30.0 Å². The van der Waals surface area contributed by atoms with Crippen molar-refractivity contribution < 1.29 is 9.47 Å². The summed E-state index contributed by atoms with van der Waals surface area (Å²) in [6.45, 7) is 4.81. The van der Waals surface area contributed by atoms with Gasteiger partial charge in [-0.2, -0.15) is 14.6 Å². The molecule has 0 N–H and O–H groups in total. The number of rotatable bonds is 7. The molecule has 4 heterocycles. The minimum absolute atomic E-state index is 0.156. The molecule has 0 fully saturated rings. The minimum atomic E-state index is -0.207. The number of hydrogen-bond donors (Lipinski definition) is 0. The van der Waals surface area contributed by atoms with Crippen LogP contribution in [0, 0.1) is 0 Å². The number of thiazole rings is 1. The fourth-order valence-electron chi connectivity index (χ4n) is 5.02. The number of ether oxygens (including phenoxy) is 2. The van der Waals surface area contributed by atoms with Gasteiger partial charge in [0, 0.05) is 29.3 Å². The molecule has 1 aliphatic rings. The average Bonchev–Trinajstić information content (AvgIpc) is 3.76. The van der Waals surface area contributed by atoms with E-state index in [-0.39, 0.29) is 11.7 Å². The molecule has 0 bridgehead atoms. The van der Waals surface area contributed by atoms with Crippen LogP contribution in [0.1, 0.15) is 31.4 Å². The standard InChI is InChI=1S/C32H27N5O3S/c1-3-15-39-26-12-9-21(10-13-26)30-33-32-37(35-30)31(38)28(41-32)18-24-19-36(25-7-5-4-6-8-25)34-29(24)22-11-14-27-23(17-22)16-20(2)40-27/h4-14,17-20H,3,15-16H2,1-2H3/b28-18-/t20-/m0/s1. The van der Waals surface area contributed by atoms with Gasteiger partial charge >= 0.3 is 0 Å². The van der Waals surface area contributed by atoms with Gasteiger partial charge < -0.3 is 9.47 Å². The maximum Gasteiger partial charge on any atom is 0.291 e. The number of benzene rings is 3. The Kier molecular flexibility index (Phi) is 6.36. The molecular weight excluding hydrogens is 534 g/mol. The molecule has 204 valence electrons. The molecule has 9 heteroatoms. The maximum atomic E-state index is 13.4. The summed E-state index contributed by atoms with van der Waals surface area (Å²) in [5.74, 6) is 2.23. The van der Waals surface area contributed by atoms with Gasteiger partial charge in [0.15, 0.2) is 5.82 Å². The van der Waals surface area contributed by atoms with E-state index in [1.165, 1.54) is 15.9 Å². The quantitative estimate of drug-likeness (QED) is 0.262. The van der Waals surface area contributed by atoms with E-state index in [0.29, 0.717) is 21.9 Å². The van der Waals surface area contributed by atoms with Gasteiger partial charge in [-0.05, 0) is 79.6 Å². The van der Waals surface area contributed by atoms with Crippen molar-refractivity contribution in [2.24, 2.45) is 0 Å². The Morgan fingerprint density at radius 2 is 1.85 bits per heavy atom. The summed E-state index contributed by atoms with van der Waals surface area (Å²) >= 11 is 1.32. The van der Waals surface area contributed by atoms with E-state index in [9.17, 15) is 4.79 Å². The van der Waals surface area contributed by atoms with Gasteiger partial charge in [0.1, 0.15) is 23.3 Å². The first-order valence-corrected chi connectivity index (χ1v) is 14.5. The first kappa shape index (κ1) is 25.2. The smallest absolute Gasteiger partial charge is 0.291 e. The molecule has 0 aliphatic carbocycles. The summed E-state index contributed by atoms with van der Waals surface area (Å²) in [5, 5.41) is 9.47. The van der Waals surface area contributed by atoms with Crippen LogP contribution in [-0.2, 0) is 6.42 Å². The predicted octanol–water partition coefficient (Wildman–Crippen LogP) is 5.33. The second-order valence-corrected chi connectivity index (χ2v) is 11.1. The van der Waals surface area contributed by atoms with Gasteiger partial charge in [-0.3, -0.25) is 4.79 Å². The van der Waals surface area contributed by atoms with E-state index in [1.54, 1.807) is 0 Å². The van der Waals surface area contributed by atoms with Crippen molar-refractivity contribution in [3.8, 4) is 39.8 Å². The number of para-hydroxylation sites is 1. The highest BCUT2D eigenvalue weighted by molar-refractivity contribution is 7.15. The Morgan fingerprint density at radius 3 is 2.63 bits per heavy atom. The van der Waals surface area contributed by atoms with Gasteiger partial charge in [0.25, 0.3) is 5.56 Å². The Bertz CT molecular complexity index is 1980. The van der Waals surface area contributed by atoms with Gasteiger partial charge in [-0.25, -0.2) is 4.68 Å². The van der Waals surface area contributed by atoms with Crippen molar-refractivity contribution in [2.75, 3.05) is 6.61 Å². The van der Waals surface area contributed by atoms with Crippen molar-refractivity contribution in [2.45, 2.75) is 32.8 Å². The summed E-state index contributed by atoms with van der Waals surface area (Å²) < 4.78 is 15.3. The van der Waals surface area contributed by atoms with Crippen LogP contribution in [0.5, 0.6) is 11.5 Å². The van der Waals surface area contributed by atoms with E-state index in [1.807, 2.05) is 83.7 Å². The number of hydrogen-bond acceptors (Lipinski definition) is 7. The van der Waals surface area contributed by atoms with Crippen LogP contribution in [0.2, 0.25) is 0 Å². The van der Waals surface area contributed by atoms with Crippen LogP contribution in [0.15, 0.2) is 83.8 Å². The molecule has 7 rings (SSSR count). The average molecular weight is 562 g/mol. The van der Waals surface area contributed by atoms with E-state index in [4.69, 9.17) is 14.6 Å². The molecule has 0 radical (unpaired) electrons. The Balaban J connectivity index is 1.28. The van der Waals surface area contributed by atoms with Crippen molar-refractivity contribution in [1.29, 1.82) is 0 Å². The van der Waals surface area contributed by atoms with Crippen LogP contribution in [0.25, 0.3) is 39.4 Å². The normalized spacial score (nSPS) is 14.9. The molecule has 0 amide bonds. The molecule has 1 atom stereocenters. The van der Waals surface area contributed by atoms with Crippen LogP contribution in [-0.4, -0.2) is 37.1 Å². The van der Waals surface area contributed by atoms with E-state index < -0.39 is 0 Å². The molecule has 41 heavy (non-hydrogen) atoms. The highest BCUT2D eigenvalue weighted by Gasteiger charge is 2.21. The van der Waals surface area contributed by atoms with Crippen LogP contribution < -0.4 is 19.6 Å². The zero-order chi connectivity index (χ0) is 27.9. The molecule has 3 aromatic heterocycles. The third kappa shape index (κ3) is 4.78. The van der Waals surface area contributed by atoms with Gasteiger partial charge in [0.2, 0.25) is 4.96 Å². The summed E-state index contributed by atoms with van der Waals surface area (Å²) in [6.07, 6.45) is 5.80. The Labute approximate surface area is 240 Å². The SMILES string of the molecule is CCCOc1ccc(-c2nc3s/c(=C\c4cn(-c5ccccc5)nc4-c4ccc5c(c4)C[C@H](C)O5)c(=O)n3n2)cc1. The molecular formula is C32H27N5O3S. The molecule has 3 aromatic carbocycles. The third-order valence-electron chi connectivity index (χ3n) is 6.99. The fraction of sp³-hybridized carbons (Fsp3) is 0.188. The van der Waals surface area contributed by atoms with Gasteiger partial charge in [-0.15, -0.1) is 5.10 Å². The van der Waals surface area contributed by atoms with Crippen LogP contribution >= 0.6 is 11.3 Å². The molecule has 0 spiro atoms. The number of nitrogens with zero attached hydrogens (tertiary/aromatic N) is 5. The fourth-order valence-corrected chi connectivity index (χ4v) is 5.92. The lowest BCUT2D eigenvalue weighted by molar-refractivity contribution is 0.254. The maximum absolute atomic E-state index is 13.4. The van der Waals surface area contributed by atoms with E-state index in [0.717, 1.165) is 58.0 Å². The number of aromatic nitrogens is 5. The Hall–Kier alpha value is -4.76. The second kappa shape index (κ2) is 10.3. The van der Waals surface area contributed by atoms with Crippen molar-refractivity contribution in [3.05, 3.63) is 105 Å². The molecule has 8 nitrogen and oxygen atoms in total. The largest absolute Gasteiger partial charge is 0.494 e. The zero-order valence-corrected chi connectivity index (χ0v) is 23.5. The topological polar surface area (TPSA) is 83.5 Å². The van der Waals surface area contributed by atoms with Crippen molar-refractivity contribution in [1.82, 2.24) is 24.4 Å². The summed E-state index contributed by atoms with van der Waals surface area (Å²) in [7, 11) is 0. The molecule has 0 saturated heterocycles. The van der Waals surface area contributed by atoms with Crippen molar-refractivity contribution >= 4 is 22.4 Å². The molecule has 1 aliphatic heterocycles. The first-order chi connectivity index (χ1) is 20.1. The molecule has 0 unspecified atom stereocenters. The third-order valence-corrected chi connectivity index (χ3v) is 7.95. The zero-order valence-electron chi connectivity index (χ0n) is 22.7. The van der Waals surface area contributed by atoms with E-state index >= 15 is 0 Å². The Morgan fingerprint density at radius 1 is 1.05 bits per heavy atom. The van der Waals surface area contributed by atoms with Crippen LogP contribution in [0.3, 0.4) is 0 Å². The molecule has 0 saturated carbocycles. The highest BCUT2D eigenvalue weighted by atomic mass is 32.1. The molecule has 6 aromatic rings. The summed E-state index contributed by atoms with van der Waals surface area (Å²) in [5.41, 5.74) is 5.33. The summed E-state index contributed by atoms with van der Waals surface area (Å²) in [4.78, 5) is 18.6. The lowest BCUT2D eigenvalue weighted by Gasteiger charge is -2.04. The lowest BCUT2D eigenvalue weighted by atomic mass is 10.0. The van der Waals surface area contributed by atoms with Crippen molar-refractivity contribution in [3.63, 3.8) is 0 Å². The second-order valence-electron chi connectivity index (χ2n) is 10.1. The van der Waals surface area contributed by atoms with Gasteiger partial charge in [-0.1, -0.05) is 36.5 Å². The monoisotopic (exact) mass is 561 g/mol.